The number of ether oxygens (including phenoxy) is 1. The maximum Gasteiger partial charge on any atom is 0.325 e. The average molecular weight is 418 g/mol. The summed E-state index contributed by atoms with van der Waals surface area (Å²) in [6, 6.07) is 0. The van der Waals surface area contributed by atoms with E-state index in [-0.39, 0.29) is 24.3 Å². The summed E-state index contributed by atoms with van der Waals surface area (Å²) in [5, 5.41) is 10.9. The summed E-state index contributed by atoms with van der Waals surface area (Å²) in [5.41, 5.74) is 3.17. The number of carbonyl (C=O) groups excluding carboxylic acids is 1. The Morgan fingerprint density at radius 2 is 2.00 bits per heavy atom. The van der Waals surface area contributed by atoms with Gasteiger partial charge in [-0.05, 0) is 65.6 Å². The second-order valence-electron chi connectivity index (χ2n) is 8.87. The Hall–Kier alpha value is -1.81. The summed E-state index contributed by atoms with van der Waals surface area (Å²) in [6.07, 6.45) is 12.2. The van der Waals surface area contributed by atoms with Gasteiger partial charge in [-0.1, -0.05) is 56.9 Å². The zero-order chi connectivity index (χ0) is 22.7. The lowest BCUT2D eigenvalue weighted by molar-refractivity contribution is -0.139. The number of hydrogen-bond donors (Lipinski definition) is 1. The van der Waals surface area contributed by atoms with E-state index in [4.69, 9.17) is 4.74 Å². The van der Waals surface area contributed by atoms with Crippen molar-refractivity contribution in [3.05, 3.63) is 47.0 Å². The molecule has 1 aliphatic rings. The van der Waals surface area contributed by atoms with E-state index in [0.29, 0.717) is 17.9 Å². The molecule has 0 aromatic heterocycles. The van der Waals surface area contributed by atoms with Gasteiger partial charge in [0.2, 0.25) is 0 Å². The molecule has 0 saturated heterocycles. The van der Waals surface area contributed by atoms with Crippen molar-refractivity contribution in [1.82, 2.24) is 4.90 Å². The molecule has 0 saturated carbocycles. The summed E-state index contributed by atoms with van der Waals surface area (Å²) in [6.45, 7) is 12.7. The predicted molar refractivity (Wildman–Crippen MR) is 126 cm³/mol. The molecule has 1 N–H and O–H groups in total. The number of aliphatic hydroxyl groups is 1. The minimum atomic E-state index is -0.301. The van der Waals surface area contributed by atoms with E-state index in [2.05, 4.69) is 33.4 Å². The zero-order valence-electron chi connectivity index (χ0n) is 20.1. The number of nitrogens with zero attached hydrogens (tertiary/aromatic N) is 1. The van der Waals surface area contributed by atoms with E-state index in [1.807, 2.05) is 27.1 Å². The summed E-state index contributed by atoms with van der Waals surface area (Å²) < 4.78 is 5.87. The highest BCUT2D eigenvalue weighted by atomic mass is 16.5. The van der Waals surface area contributed by atoms with Gasteiger partial charge in [0.1, 0.15) is 5.76 Å². The third-order valence-corrected chi connectivity index (χ3v) is 5.68. The van der Waals surface area contributed by atoms with Crippen LogP contribution in [0.15, 0.2) is 47.0 Å². The number of carbonyl (C=O) groups is 1. The van der Waals surface area contributed by atoms with Gasteiger partial charge < -0.3 is 9.84 Å². The fraction of sp³-hybridized carbons (Fsp3) is 0.654. The van der Waals surface area contributed by atoms with Crippen LogP contribution in [-0.4, -0.2) is 36.6 Å². The van der Waals surface area contributed by atoms with Crippen molar-refractivity contribution in [1.29, 1.82) is 0 Å². The highest BCUT2D eigenvalue weighted by Gasteiger charge is 2.32. The van der Waals surface area contributed by atoms with E-state index < -0.39 is 0 Å². The summed E-state index contributed by atoms with van der Waals surface area (Å²) in [7, 11) is 3.69. The molecule has 0 bridgehead atoms. The van der Waals surface area contributed by atoms with E-state index in [1.54, 1.807) is 4.90 Å². The van der Waals surface area contributed by atoms with Crippen LogP contribution in [-0.2, 0) is 9.53 Å². The molecule has 0 aromatic rings. The Bertz CT molecular complexity index is 670. The number of allylic oxidation sites excluding steroid dienone is 6. The molecule has 170 valence electrons. The molecule has 0 fully saturated rings. The minimum Gasteiger partial charge on any atom is -0.512 e. The van der Waals surface area contributed by atoms with Gasteiger partial charge in [0, 0.05) is 17.9 Å². The van der Waals surface area contributed by atoms with Crippen LogP contribution >= 0.6 is 0 Å². The number of esters is 1. The molecule has 1 aliphatic carbocycles. The van der Waals surface area contributed by atoms with Crippen LogP contribution in [0.25, 0.3) is 0 Å². The normalized spacial score (nSPS) is 20.6. The molecule has 0 spiro atoms. The first-order chi connectivity index (χ1) is 14.2. The van der Waals surface area contributed by atoms with Crippen molar-refractivity contribution in [2.24, 2.45) is 11.8 Å². The molecule has 1 rings (SSSR count). The largest absolute Gasteiger partial charge is 0.512 e. The van der Waals surface area contributed by atoms with Gasteiger partial charge in [-0.15, -0.1) is 0 Å². The van der Waals surface area contributed by atoms with E-state index >= 15 is 0 Å². The predicted octanol–water partition coefficient (Wildman–Crippen LogP) is 6.72. The summed E-state index contributed by atoms with van der Waals surface area (Å²) >= 11 is 0. The number of rotatable bonds is 12. The van der Waals surface area contributed by atoms with E-state index in [1.165, 1.54) is 18.4 Å². The second kappa shape index (κ2) is 13.5. The van der Waals surface area contributed by atoms with Gasteiger partial charge >= 0.3 is 5.97 Å². The van der Waals surface area contributed by atoms with Crippen LogP contribution in [0.5, 0.6) is 0 Å². The Labute approximate surface area is 184 Å². The molecule has 2 unspecified atom stereocenters. The Morgan fingerprint density at radius 3 is 2.57 bits per heavy atom. The third-order valence-electron chi connectivity index (χ3n) is 5.68. The number of likely N-dealkylation sites (N-methyl/N-ethyl adjacent to an activating group) is 1. The van der Waals surface area contributed by atoms with Crippen molar-refractivity contribution < 1.29 is 14.6 Å². The van der Waals surface area contributed by atoms with Crippen LogP contribution in [0.1, 0.15) is 79.1 Å². The topological polar surface area (TPSA) is 49.8 Å². The molecule has 2 atom stereocenters. The average Bonchev–Trinajstić information content (AvgIpc) is 2.66. The monoisotopic (exact) mass is 417 g/mol. The first-order valence-corrected chi connectivity index (χ1v) is 11.5. The molecule has 0 aliphatic heterocycles. The quantitative estimate of drug-likeness (QED) is 0.126. The van der Waals surface area contributed by atoms with E-state index in [9.17, 15) is 9.90 Å². The summed E-state index contributed by atoms with van der Waals surface area (Å²) in [4.78, 5) is 14.3. The summed E-state index contributed by atoms with van der Waals surface area (Å²) in [5.74, 6) is 0.734. The standard InChI is InChI=1S/C26H43NO3/c1-8-10-11-12-13-14-24(30-25(29)18-27(6)7)26(23(28)9-2)22-17-20(5)15-16-21(22)19(3)4/h14,17,21-22,28H,3,8-13,15-16,18H2,1-2,4-7H3/b24-14+,26-23+. The maximum atomic E-state index is 12.5. The van der Waals surface area contributed by atoms with Crippen molar-refractivity contribution >= 4 is 5.97 Å². The second-order valence-corrected chi connectivity index (χ2v) is 8.87. The molecule has 0 aromatic carbocycles. The number of unbranched alkanes of at least 4 members (excludes halogenated alkanes) is 4. The van der Waals surface area contributed by atoms with Crippen molar-refractivity contribution in [2.75, 3.05) is 20.6 Å². The van der Waals surface area contributed by atoms with Crippen LogP contribution in [0.3, 0.4) is 0 Å². The molecule has 4 nitrogen and oxygen atoms in total. The maximum absolute atomic E-state index is 12.5. The zero-order valence-corrected chi connectivity index (χ0v) is 20.1. The van der Waals surface area contributed by atoms with Gasteiger partial charge in [0.15, 0.2) is 0 Å². The number of hydrogen-bond acceptors (Lipinski definition) is 4. The van der Waals surface area contributed by atoms with Gasteiger partial charge in [-0.2, -0.15) is 0 Å². The lowest BCUT2D eigenvalue weighted by atomic mass is 9.73. The fourth-order valence-electron chi connectivity index (χ4n) is 4.02. The molecular weight excluding hydrogens is 374 g/mol. The SMILES string of the molecule is C=C(C)C1CCC(C)=CC1C(/C(=C\CCCCCC)OC(=O)CN(C)C)=C(\O)CC. The molecular formula is C26H43NO3. The Morgan fingerprint density at radius 1 is 1.30 bits per heavy atom. The van der Waals surface area contributed by atoms with Crippen molar-refractivity contribution in [2.45, 2.75) is 79.1 Å². The van der Waals surface area contributed by atoms with Gasteiger partial charge in [-0.3, -0.25) is 9.69 Å². The van der Waals surface area contributed by atoms with Gasteiger partial charge in [0.05, 0.1) is 12.3 Å². The Balaban J connectivity index is 3.34. The smallest absolute Gasteiger partial charge is 0.325 e. The first-order valence-electron chi connectivity index (χ1n) is 11.5. The molecule has 30 heavy (non-hydrogen) atoms. The fourth-order valence-corrected chi connectivity index (χ4v) is 4.02. The number of aliphatic hydroxyl groups excluding tert-OH is 1. The molecule has 0 radical (unpaired) electrons. The van der Waals surface area contributed by atoms with Gasteiger partial charge in [0.25, 0.3) is 0 Å². The lowest BCUT2D eigenvalue weighted by Gasteiger charge is -2.33. The van der Waals surface area contributed by atoms with Crippen LogP contribution in [0.4, 0.5) is 0 Å². The minimum absolute atomic E-state index is 0.0229. The highest BCUT2D eigenvalue weighted by molar-refractivity contribution is 5.73. The third kappa shape index (κ3) is 8.51. The molecule has 4 heteroatoms. The van der Waals surface area contributed by atoms with E-state index in [0.717, 1.165) is 43.3 Å². The lowest BCUT2D eigenvalue weighted by Crippen LogP contribution is -2.27. The highest BCUT2D eigenvalue weighted by Crippen LogP contribution is 2.41. The van der Waals surface area contributed by atoms with Crippen molar-refractivity contribution in [3.63, 3.8) is 0 Å². The van der Waals surface area contributed by atoms with Crippen LogP contribution in [0, 0.1) is 11.8 Å². The van der Waals surface area contributed by atoms with Crippen LogP contribution < -0.4 is 0 Å². The van der Waals surface area contributed by atoms with Gasteiger partial charge in [-0.25, -0.2) is 0 Å². The molecule has 0 heterocycles. The Kier molecular flexibility index (Phi) is 11.8. The molecule has 0 amide bonds. The van der Waals surface area contributed by atoms with Crippen LogP contribution in [0.2, 0.25) is 0 Å². The van der Waals surface area contributed by atoms with Crippen molar-refractivity contribution in [3.8, 4) is 0 Å². The first kappa shape index (κ1) is 26.2.